The summed E-state index contributed by atoms with van der Waals surface area (Å²) in [5.41, 5.74) is 1.51. The van der Waals surface area contributed by atoms with Gasteiger partial charge in [-0.3, -0.25) is 4.40 Å². The molecule has 0 bridgehead atoms. The number of aromatic nitrogens is 2. The summed E-state index contributed by atoms with van der Waals surface area (Å²) in [6, 6.07) is 1.71. The maximum atomic E-state index is 10.1. The Morgan fingerprint density at radius 1 is 1.44 bits per heavy atom. The number of hydrogen-bond acceptors (Lipinski definition) is 4. The second-order valence-corrected chi connectivity index (χ2v) is 6.98. The average molecular weight is 319 g/mol. The maximum absolute atomic E-state index is 10.1. The molecule has 7 heteroatoms. The van der Waals surface area contributed by atoms with Crippen molar-refractivity contribution in [1.82, 2.24) is 9.38 Å². The molecule has 3 aromatic heterocycles. The Labute approximate surface area is 121 Å². The molecule has 3 nitrogen and oxygen atoms in total. The fourth-order valence-electron chi connectivity index (χ4n) is 1.76. The van der Waals surface area contributed by atoms with E-state index in [9.17, 15) is 5.11 Å². The van der Waals surface area contributed by atoms with Gasteiger partial charge in [-0.1, -0.05) is 23.2 Å². The maximum Gasteiger partial charge on any atom is 0.193 e. The Morgan fingerprint density at radius 2 is 2.28 bits per heavy atom. The molecule has 3 aromatic rings. The van der Waals surface area contributed by atoms with Gasteiger partial charge in [0.15, 0.2) is 4.96 Å². The van der Waals surface area contributed by atoms with Gasteiger partial charge in [0.25, 0.3) is 0 Å². The van der Waals surface area contributed by atoms with Gasteiger partial charge >= 0.3 is 0 Å². The van der Waals surface area contributed by atoms with E-state index in [2.05, 4.69) is 4.98 Å². The van der Waals surface area contributed by atoms with Crippen LogP contribution in [0.25, 0.3) is 4.96 Å². The number of aliphatic hydroxyl groups excluding tert-OH is 1. The van der Waals surface area contributed by atoms with Crippen molar-refractivity contribution in [3.05, 3.63) is 43.8 Å². The fraction of sp³-hybridized carbons (Fsp3) is 0.182. The van der Waals surface area contributed by atoms with E-state index in [1.807, 2.05) is 22.2 Å². The third-order valence-corrected chi connectivity index (χ3v) is 4.88. The number of halogens is 2. The van der Waals surface area contributed by atoms with Crippen LogP contribution >= 0.6 is 45.9 Å². The third kappa shape index (κ3) is 2.29. The van der Waals surface area contributed by atoms with Crippen molar-refractivity contribution in [2.75, 3.05) is 0 Å². The second-order valence-electron chi connectivity index (χ2n) is 3.82. The lowest BCUT2D eigenvalue weighted by Crippen LogP contribution is -2.01. The zero-order valence-corrected chi connectivity index (χ0v) is 12.2. The minimum Gasteiger partial charge on any atom is -0.388 e. The minimum absolute atomic E-state index is 0.432. The summed E-state index contributed by atoms with van der Waals surface area (Å²) in [5.74, 6) is 0. The molecule has 3 heterocycles. The van der Waals surface area contributed by atoms with Crippen LogP contribution in [-0.2, 0) is 6.42 Å². The highest BCUT2D eigenvalue weighted by Gasteiger charge is 2.17. The van der Waals surface area contributed by atoms with Crippen molar-refractivity contribution in [2.24, 2.45) is 0 Å². The highest BCUT2D eigenvalue weighted by molar-refractivity contribution is 7.20. The van der Waals surface area contributed by atoms with Gasteiger partial charge < -0.3 is 5.11 Å². The molecule has 0 aromatic carbocycles. The van der Waals surface area contributed by atoms with Crippen LogP contribution in [0.4, 0.5) is 0 Å². The summed E-state index contributed by atoms with van der Waals surface area (Å²) in [4.78, 5) is 5.35. The van der Waals surface area contributed by atoms with Gasteiger partial charge in [-0.15, -0.1) is 22.7 Å². The molecule has 0 radical (unpaired) electrons. The molecule has 0 aliphatic rings. The molecule has 0 saturated carbocycles. The minimum atomic E-state index is -0.675. The first-order valence-corrected chi connectivity index (χ1v) is 7.62. The molecule has 0 amide bonds. The molecule has 0 aliphatic carbocycles. The number of thiazole rings is 1. The lowest BCUT2D eigenvalue weighted by molar-refractivity contribution is 0.178. The van der Waals surface area contributed by atoms with Crippen LogP contribution in [0.3, 0.4) is 0 Å². The highest BCUT2D eigenvalue weighted by atomic mass is 35.5. The molecular formula is C11H8Cl2N2OS2. The van der Waals surface area contributed by atoms with Crippen LogP contribution in [-0.4, -0.2) is 14.5 Å². The molecule has 3 rings (SSSR count). The van der Waals surface area contributed by atoms with Crippen LogP contribution in [0.15, 0.2) is 23.8 Å². The molecule has 0 fully saturated rings. The summed E-state index contributed by atoms with van der Waals surface area (Å²) in [5, 5.41) is 12.1. The predicted octanol–water partition coefficient (Wildman–Crippen LogP) is 4.04. The van der Waals surface area contributed by atoms with Gasteiger partial charge in [0.05, 0.1) is 16.1 Å². The summed E-state index contributed by atoms with van der Waals surface area (Å²) in [7, 11) is 0. The Bertz CT molecular complexity index is 660. The van der Waals surface area contributed by atoms with E-state index in [1.54, 1.807) is 17.4 Å². The van der Waals surface area contributed by atoms with Crippen LogP contribution < -0.4 is 0 Å². The number of hydrogen-bond donors (Lipinski definition) is 1. The van der Waals surface area contributed by atoms with Crippen LogP contribution in [0.5, 0.6) is 0 Å². The summed E-state index contributed by atoms with van der Waals surface area (Å²) >= 11 is 14.7. The van der Waals surface area contributed by atoms with E-state index in [4.69, 9.17) is 23.2 Å². The summed E-state index contributed by atoms with van der Waals surface area (Å²) in [6.45, 7) is 0. The second kappa shape index (κ2) is 4.83. The van der Waals surface area contributed by atoms with Crippen LogP contribution in [0, 0.1) is 0 Å². The highest BCUT2D eigenvalue weighted by Crippen LogP contribution is 2.36. The molecule has 0 saturated heterocycles. The Kier molecular flexibility index (Phi) is 3.34. The predicted molar refractivity (Wildman–Crippen MR) is 76.1 cm³/mol. The Hall–Kier alpha value is -0.590. The van der Waals surface area contributed by atoms with E-state index < -0.39 is 6.10 Å². The average Bonchev–Trinajstić information content (AvgIpc) is 2.92. The molecule has 94 valence electrons. The van der Waals surface area contributed by atoms with Gasteiger partial charge in [-0.2, -0.15) is 0 Å². The smallest absolute Gasteiger partial charge is 0.193 e. The van der Waals surface area contributed by atoms with E-state index in [1.165, 1.54) is 11.3 Å². The lowest BCUT2D eigenvalue weighted by atomic mass is 10.1. The fourth-order valence-corrected chi connectivity index (χ4v) is 4.05. The van der Waals surface area contributed by atoms with E-state index >= 15 is 0 Å². The molecule has 1 unspecified atom stereocenters. The van der Waals surface area contributed by atoms with Crippen molar-refractivity contribution in [3.63, 3.8) is 0 Å². The molecule has 0 aliphatic heterocycles. The normalized spacial score (nSPS) is 13.3. The van der Waals surface area contributed by atoms with Crippen molar-refractivity contribution >= 4 is 50.8 Å². The van der Waals surface area contributed by atoms with E-state index in [-0.39, 0.29) is 0 Å². The number of fused-ring (bicyclic) bond motifs is 1. The number of aliphatic hydroxyl groups is 1. The first kappa shape index (κ1) is 12.4. The zero-order valence-electron chi connectivity index (χ0n) is 9.01. The first-order chi connectivity index (χ1) is 8.63. The molecule has 1 N–H and O–H groups in total. The number of nitrogens with zero attached hydrogens (tertiary/aromatic N) is 2. The van der Waals surface area contributed by atoms with Crippen molar-refractivity contribution in [1.29, 1.82) is 0 Å². The number of rotatable bonds is 3. The Balaban J connectivity index is 1.83. The van der Waals surface area contributed by atoms with Gasteiger partial charge in [0.2, 0.25) is 0 Å². The Morgan fingerprint density at radius 3 is 2.94 bits per heavy atom. The lowest BCUT2D eigenvalue weighted by Gasteiger charge is -2.07. The van der Waals surface area contributed by atoms with Crippen LogP contribution in [0.1, 0.15) is 17.4 Å². The standard InChI is InChI=1S/C11H8Cl2N2OS2/c12-9-4-7(10(13)18-9)8(16)3-6-5-15-1-2-17-11(15)14-6/h1-2,4-5,8,16H,3H2. The quantitative estimate of drug-likeness (QED) is 0.791. The molecule has 18 heavy (non-hydrogen) atoms. The summed E-state index contributed by atoms with van der Waals surface area (Å²) < 4.78 is 3.06. The topological polar surface area (TPSA) is 37.5 Å². The van der Waals surface area contributed by atoms with Gasteiger partial charge in [0.1, 0.15) is 4.34 Å². The SMILES string of the molecule is OC(Cc1cn2ccsc2n1)c1cc(Cl)sc1Cl. The van der Waals surface area contributed by atoms with Crippen molar-refractivity contribution < 1.29 is 5.11 Å². The largest absolute Gasteiger partial charge is 0.388 e. The van der Waals surface area contributed by atoms with E-state index in [0.717, 1.165) is 10.7 Å². The van der Waals surface area contributed by atoms with Gasteiger partial charge in [0, 0.05) is 29.8 Å². The summed E-state index contributed by atoms with van der Waals surface area (Å²) in [6.07, 6.45) is 3.61. The van der Waals surface area contributed by atoms with Crippen LogP contribution in [0.2, 0.25) is 8.67 Å². The number of imidazole rings is 1. The number of thiophene rings is 1. The molecular weight excluding hydrogens is 311 g/mol. The van der Waals surface area contributed by atoms with Crippen molar-refractivity contribution in [3.8, 4) is 0 Å². The third-order valence-electron chi connectivity index (χ3n) is 2.59. The monoisotopic (exact) mass is 318 g/mol. The van der Waals surface area contributed by atoms with Gasteiger partial charge in [-0.05, 0) is 6.07 Å². The van der Waals surface area contributed by atoms with Gasteiger partial charge in [-0.25, -0.2) is 4.98 Å². The van der Waals surface area contributed by atoms with Crippen molar-refractivity contribution in [2.45, 2.75) is 12.5 Å². The zero-order chi connectivity index (χ0) is 12.7. The molecule has 1 atom stereocenters. The molecule has 0 spiro atoms. The first-order valence-electron chi connectivity index (χ1n) is 5.17. The van der Waals surface area contributed by atoms with E-state index in [0.29, 0.717) is 20.7 Å².